The number of carbonyl (C=O) groups excluding carboxylic acids is 1. The number of carbonyl (C=O) groups is 1. The summed E-state index contributed by atoms with van der Waals surface area (Å²) >= 11 is 5.41. The average molecular weight is 248 g/mol. The molecule has 5 heteroatoms. The van der Waals surface area contributed by atoms with Gasteiger partial charge in [0.25, 0.3) is 0 Å². The minimum Gasteiger partial charge on any atom is -0.338 e. The van der Waals surface area contributed by atoms with Crippen LogP contribution in [0.4, 0.5) is 8.78 Å². The molecule has 1 amide bonds. The largest absolute Gasteiger partial charge is 0.338 e. The number of benzene rings is 1. The minimum absolute atomic E-state index is 0.134. The number of halogens is 3. The van der Waals surface area contributed by atoms with Crippen molar-refractivity contribution in [3.8, 4) is 0 Å². The Morgan fingerprint density at radius 3 is 2.56 bits per heavy atom. The lowest BCUT2D eigenvalue weighted by atomic mass is 10.1. The summed E-state index contributed by atoms with van der Waals surface area (Å²) in [6.45, 7) is 1.72. The van der Waals surface area contributed by atoms with E-state index in [1.54, 1.807) is 14.0 Å². The Kier molecular flexibility index (Phi) is 4.24. The van der Waals surface area contributed by atoms with E-state index in [-0.39, 0.29) is 17.8 Å². The highest BCUT2D eigenvalue weighted by Crippen LogP contribution is 2.20. The third-order valence-electron chi connectivity index (χ3n) is 2.51. The minimum atomic E-state index is -0.920. The highest BCUT2D eigenvalue weighted by Gasteiger charge is 2.17. The number of hydrogen-bond acceptors (Lipinski definition) is 1. The molecule has 0 unspecified atom stereocenters. The van der Waals surface area contributed by atoms with Gasteiger partial charge in [0.15, 0.2) is 11.6 Å². The maximum atomic E-state index is 13.0. The molecule has 0 fully saturated rings. The Morgan fingerprint density at radius 2 is 2.06 bits per heavy atom. The van der Waals surface area contributed by atoms with Crippen LogP contribution in [-0.2, 0) is 4.79 Å². The van der Waals surface area contributed by atoms with E-state index in [4.69, 9.17) is 11.6 Å². The van der Waals surface area contributed by atoms with Crippen LogP contribution < -0.4 is 0 Å². The first-order valence-corrected chi connectivity index (χ1v) is 5.27. The van der Waals surface area contributed by atoms with Gasteiger partial charge in [0.2, 0.25) is 5.91 Å². The van der Waals surface area contributed by atoms with E-state index in [0.717, 1.165) is 12.1 Å². The maximum Gasteiger partial charge on any atom is 0.237 e. The van der Waals surface area contributed by atoms with Gasteiger partial charge in [-0.2, -0.15) is 0 Å². The van der Waals surface area contributed by atoms with Crippen molar-refractivity contribution in [2.75, 3.05) is 12.9 Å². The van der Waals surface area contributed by atoms with Crippen LogP contribution in [0, 0.1) is 11.6 Å². The van der Waals surface area contributed by atoms with Crippen LogP contribution in [0.3, 0.4) is 0 Å². The van der Waals surface area contributed by atoms with Crippen molar-refractivity contribution in [3.05, 3.63) is 35.4 Å². The molecule has 0 spiro atoms. The zero-order valence-corrected chi connectivity index (χ0v) is 9.76. The van der Waals surface area contributed by atoms with Crippen molar-refractivity contribution in [3.63, 3.8) is 0 Å². The molecule has 1 atom stereocenters. The molecule has 1 aromatic carbocycles. The van der Waals surface area contributed by atoms with Crippen molar-refractivity contribution in [1.82, 2.24) is 4.90 Å². The number of amides is 1. The Hall–Kier alpha value is -1.16. The van der Waals surface area contributed by atoms with Crippen molar-refractivity contribution in [2.45, 2.75) is 13.0 Å². The lowest BCUT2D eigenvalue weighted by molar-refractivity contribution is -0.129. The molecular formula is C11H12ClF2NO. The normalized spacial score (nSPS) is 12.3. The predicted octanol–water partition coefficient (Wildman–Crippen LogP) is 2.72. The van der Waals surface area contributed by atoms with Crippen molar-refractivity contribution < 1.29 is 13.6 Å². The SMILES string of the molecule is C[C@H](c1ccc(F)c(F)c1)N(C)C(=O)CCl. The van der Waals surface area contributed by atoms with E-state index in [2.05, 4.69) is 0 Å². The molecule has 0 saturated heterocycles. The molecule has 16 heavy (non-hydrogen) atoms. The quantitative estimate of drug-likeness (QED) is 0.752. The number of alkyl halides is 1. The van der Waals surface area contributed by atoms with E-state index in [1.807, 2.05) is 0 Å². The highest BCUT2D eigenvalue weighted by atomic mass is 35.5. The lowest BCUT2D eigenvalue weighted by Gasteiger charge is -2.24. The summed E-state index contributed by atoms with van der Waals surface area (Å²) in [5.41, 5.74) is 0.528. The monoisotopic (exact) mass is 247 g/mol. The fourth-order valence-electron chi connectivity index (χ4n) is 1.31. The first-order chi connectivity index (χ1) is 7.47. The van der Waals surface area contributed by atoms with Crippen molar-refractivity contribution in [2.24, 2.45) is 0 Å². The molecule has 0 radical (unpaired) electrons. The second-order valence-electron chi connectivity index (χ2n) is 3.49. The Labute approximate surface area is 97.8 Å². The first-order valence-electron chi connectivity index (χ1n) is 4.74. The van der Waals surface area contributed by atoms with Crippen LogP contribution in [0.5, 0.6) is 0 Å². The first kappa shape index (κ1) is 12.9. The van der Waals surface area contributed by atoms with Gasteiger partial charge in [0.1, 0.15) is 5.88 Å². The molecule has 0 aliphatic carbocycles. The highest BCUT2D eigenvalue weighted by molar-refractivity contribution is 6.27. The van der Waals surface area contributed by atoms with E-state index in [1.165, 1.54) is 11.0 Å². The van der Waals surface area contributed by atoms with Gasteiger partial charge in [-0.15, -0.1) is 11.6 Å². The summed E-state index contributed by atoms with van der Waals surface area (Å²) in [6.07, 6.45) is 0. The van der Waals surface area contributed by atoms with Crippen LogP contribution in [-0.4, -0.2) is 23.7 Å². The number of nitrogens with zero attached hydrogens (tertiary/aromatic N) is 1. The topological polar surface area (TPSA) is 20.3 Å². The van der Waals surface area contributed by atoms with Gasteiger partial charge >= 0.3 is 0 Å². The fraction of sp³-hybridized carbons (Fsp3) is 0.364. The summed E-state index contributed by atoms with van der Waals surface area (Å²) in [5.74, 6) is -2.22. The van der Waals surface area contributed by atoms with Crippen LogP contribution in [0.25, 0.3) is 0 Å². The summed E-state index contributed by atoms with van der Waals surface area (Å²) in [5, 5.41) is 0. The third-order valence-corrected chi connectivity index (χ3v) is 2.74. The summed E-state index contributed by atoms with van der Waals surface area (Å²) in [4.78, 5) is 12.7. The van der Waals surface area contributed by atoms with E-state index >= 15 is 0 Å². The van der Waals surface area contributed by atoms with Gasteiger partial charge in [-0.3, -0.25) is 4.79 Å². The maximum absolute atomic E-state index is 13.0. The van der Waals surface area contributed by atoms with E-state index < -0.39 is 11.6 Å². The van der Waals surface area contributed by atoms with Crippen molar-refractivity contribution >= 4 is 17.5 Å². The molecule has 0 bridgehead atoms. The molecule has 0 aromatic heterocycles. The zero-order chi connectivity index (χ0) is 12.3. The molecule has 0 heterocycles. The molecular weight excluding hydrogens is 236 g/mol. The van der Waals surface area contributed by atoms with Crippen LogP contribution in [0.2, 0.25) is 0 Å². The van der Waals surface area contributed by atoms with Gasteiger partial charge in [0.05, 0.1) is 6.04 Å². The standard InChI is InChI=1S/C11H12ClF2NO/c1-7(15(2)11(16)6-12)8-3-4-9(13)10(14)5-8/h3-5,7H,6H2,1-2H3/t7-/m1/s1. The van der Waals surface area contributed by atoms with Gasteiger partial charge < -0.3 is 4.90 Å². The zero-order valence-electron chi connectivity index (χ0n) is 9.01. The molecule has 88 valence electrons. The number of hydrogen-bond donors (Lipinski definition) is 0. The second kappa shape index (κ2) is 5.25. The Bertz CT molecular complexity index is 398. The molecule has 2 nitrogen and oxygen atoms in total. The number of rotatable bonds is 3. The van der Waals surface area contributed by atoms with Crippen LogP contribution >= 0.6 is 11.6 Å². The molecule has 1 aromatic rings. The molecule has 0 aliphatic heterocycles. The molecule has 0 N–H and O–H groups in total. The molecule has 0 saturated carbocycles. The molecule has 1 rings (SSSR count). The van der Waals surface area contributed by atoms with E-state index in [9.17, 15) is 13.6 Å². The predicted molar refractivity (Wildman–Crippen MR) is 58.3 cm³/mol. The Morgan fingerprint density at radius 1 is 1.44 bits per heavy atom. The van der Waals surface area contributed by atoms with Crippen molar-refractivity contribution in [1.29, 1.82) is 0 Å². The summed E-state index contributed by atoms with van der Waals surface area (Å²) in [6, 6.07) is 3.22. The average Bonchev–Trinajstić information content (AvgIpc) is 2.29. The molecule has 0 aliphatic rings. The van der Waals surface area contributed by atoms with Gasteiger partial charge in [-0.05, 0) is 24.6 Å². The Balaban J connectivity index is 2.91. The second-order valence-corrected chi connectivity index (χ2v) is 3.76. The summed E-state index contributed by atoms with van der Waals surface area (Å²) < 4.78 is 25.7. The fourth-order valence-corrected chi connectivity index (χ4v) is 1.49. The van der Waals surface area contributed by atoms with Gasteiger partial charge in [-0.25, -0.2) is 8.78 Å². The van der Waals surface area contributed by atoms with E-state index in [0.29, 0.717) is 5.56 Å². The van der Waals surface area contributed by atoms with Gasteiger partial charge in [-0.1, -0.05) is 6.07 Å². The summed E-state index contributed by atoms with van der Waals surface area (Å²) in [7, 11) is 1.57. The smallest absolute Gasteiger partial charge is 0.237 e. The van der Waals surface area contributed by atoms with Crippen LogP contribution in [0.1, 0.15) is 18.5 Å². The lowest BCUT2D eigenvalue weighted by Crippen LogP contribution is -2.30. The van der Waals surface area contributed by atoms with Gasteiger partial charge in [0, 0.05) is 7.05 Å². The van der Waals surface area contributed by atoms with Crippen LogP contribution in [0.15, 0.2) is 18.2 Å². The third kappa shape index (κ3) is 2.70.